The molecule has 374 valence electrons. The monoisotopic (exact) mass is 998 g/mol. The van der Waals surface area contributed by atoms with Gasteiger partial charge in [0.05, 0.1) is 42.8 Å². The van der Waals surface area contributed by atoms with Crippen molar-refractivity contribution in [3.63, 3.8) is 0 Å². The normalized spacial score (nSPS) is 20.8. The molecule has 0 saturated carbocycles. The van der Waals surface area contributed by atoms with E-state index in [4.69, 9.17) is 32.7 Å². The lowest BCUT2D eigenvalue weighted by molar-refractivity contribution is -0.185. The third-order valence-electron chi connectivity index (χ3n) is 11.3. The molecular weight excluding hydrogens is 941 g/mol. The molecule has 3 aromatic rings. The first-order valence-electron chi connectivity index (χ1n) is 22.2. The molecule has 23 heteroatoms. The van der Waals surface area contributed by atoms with E-state index in [2.05, 4.69) is 5.32 Å². The molecule has 7 atom stereocenters. The minimum atomic E-state index is -4.98. The van der Waals surface area contributed by atoms with Crippen LogP contribution in [0.2, 0.25) is 0 Å². The minimum absolute atomic E-state index is 0.0118. The van der Waals surface area contributed by atoms with Crippen molar-refractivity contribution in [2.45, 2.75) is 82.3 Å². The average Bonchev–Trinajstić information content (AvgIpc) is 3.93. The maximum Gasteiger partial charge on any atom is 0.471 e. The van der Waals surface area contributed by atoms with Gasteiger partial charge in [0.15, 0.2) is 12.4 Å². The zero-order chi connectivity index (χ0) is 49.2. The van der Waals surface area contributed by atoms with Gasteiger partial charge in [-0.2, -0.15) is 17.5 Å². The summed E-state index contributed by atoms with van der Waals surface area (Å²) in [4.78, 5) is 39.9. The molecule has 3 saturated heterocycles. The van der Waals surface area contributed by atoms with Crippen LogP contribution in [-0.2, 0) is 54.1 Å². The van der Waals surface area contributed by atoms with E-state index in [1.54, 1.807) is 80.3 Å². The highest BCUT2D eigenvalue weighted by Gasteiger charge is 2.45. The lowest BCUT2D eigenvalue weighted by Gasteiger charge is -2.36. The number of alkyl halides is 3. The number of esters is 1. The number of hydrogen-bond donors (Lipinski definition) is 2. The Bertz CT molecular complexity index is 2310. The lowest BCUT2D eigenvalue weighted by atomic mass is 10.0. The van der Waals surface area contributed by atoms with E-state index in [1.165, 1.54) is 31.2 Å². The number of fused-ring (bicyclic) bond motifs is 1. The number of anilines is 1. The fourth-order valence-electron chi connectivity index (χ4n) is 7.89. The van der Waals surface area contributed by atoms with Gasteiger partial charge in [0, 0.05) is 45.0 Å². The van der Waals surface area contributed by atoms with Crippen molar-refractivity contribution in [1.29, 1.82) is 0 Å². The smallest absolute Gasteiger partial charge is 0.471 e. The summed E-state index contributed by atoms with van der Waals surface area (Å²) in [5.41, 5.74) is 1.12. The van der Waals surface area contributed by atoms with Crippen molar-refractivity contribution in [3.8, 4) is 11.5 Å². The zero-order valence-electron chi connectivity index (χ0n) is 38.1. The molecule has 3 aliphatic rings. The van der Waals surface area contributed by atoms with E-state index in [-0.39, 0.29) is 80.6 Å². The zero-order valence-corrected chi connectivity index (χ0v) is 39.8. The number of amides is 2. The highest BCUT2D eigenvalue weighted by atomic mass is 32.2. The van der Waals surface area contributed by atoms with Gasteiger partial charge in [-0.15, -0.1) is 0 Å². The van der Waals surface area contributed by atoms with Gasteiger partial charge >= 0.3 is 31.7 Å². The van der Waals surface area contributed by atoms with Gasteiger partial charge in [-0.1, -0.05) is 44.2 Å². The largest absolute Gasteiger partial charge is 0.480 e. The molecule has 3 heterocycles. The van der Waals surface area contributed by atoms with E-state index >= 15 is 0 Å². The number of carbonyl (C=O) groups is 3. The predicted molar refractivity (Wildman–Crippen MR) is 239 cm³/mol. The van der Waals surface area contributed by atoms with Crippen LogP contribution in [0.15, 0.2) is 83.8 Å². The van der Waals surface area contributed by atoms with E-state index in [9.17, 15) is 45.6 Å². The Kier molecular flexibility index (Phi) is 17.8. The number of ether oxygens (including phenoxy) is 5. The van der Waals surface area contributed by atoms with Crippen LogP contribution >= 0.6 is 7.60 Å². The number of nitrogens with one attached hydrogen (secondary N) is 1. The summed E-state index contributed by atoms with van der Waals surface area (Å²) >= 11 is 0. The molecule has 0 radical (unpaired) electrons. The summed E-state index contributed by atoms with van der Waals surface area (Å²) in [5, 5.41) is 14.6. The maximum absolute atomic E-state index is 14.3. The molecule has 0 aromatic heterocycles. The first kappa shape index (κ1) is 52.4. The van der Waals surface area contributed by atoms with Crippen LogP contribution in [0.25, 0.3) is 0 Å². The Balaban J connectivity index is 1.16. The van der Waals surface area contributed by atoms with Gasteiger partial charge in [0.1, 0.15) is 17.6 Å². The molecule has 2 N–H and O–H groups in total. The van der Waals surface area contributed by atoms with Crippen LogP contribution in [0, 0.1) is 11.8 Å². The highest BCUT2D eigenvalue weighted by Crippen LogP contribution is 2.49. The Morgan fingerprint density at radius 3 is 2.24 bits per heavy atom. The van der Waals surface area contributed by atoms with E-state index in [0.29, 0.717) is 24.3 Å². The standard InChI is InChI=1S/C45H58F3N4O14PS/c1-5-60-41(54)31(4)65-67(57,66-35-9-7-6-8-10-35)29-63-34-15-11-32(12-16-34)25-38(49-44(56)64-40-28-62-42-37(40)19-24-61-42)39(53)27-52(26-30(2)3)68(58,59)36-17-13-33(14-18-36)50-20-22-51(23-21-50)43(55)45(46,47)48/h6-18,30-31,37-40,42,53H,5,19-29H2,1-4H3,(H,49,56)/t31-,37-,38-,39+,40-,42+,67?/m0/s1. The number of halogens is 3. The third-order valence-corrected chi connectivity index (χ3v) is 14.7. The summed E-state index contributed by atoms with van der Waals surface area (Å²) < 4.78 is 122. The van der Waals surface area contributed by atoms with Crippen molar-refractivity contribution < 1.29 is 78.4 Å². The van der Waals surface area contributed by atoms with Crippen LogP contribution in [-0.4, -0.2) is 143 Å². The van der Waals surface area contributed by atoms with Gasteiger partial charge in [-0.05, 0) is 86.7 Å². The van der Waals surface area contributed by atoms with Crippen LogP contribution in [0.4, 0.5) is 23.7 Å². The quantitative estimate of drug-likeness (QED) is 0.0987. The lowest BCUT2D eigenvalue weighted by Crippen LogP contribution is -2.52. The molecule has 3 fully saturated rings. The van der Waals surface area contributed by atoms with Gasteiger partial charge in [0.25, 0.3) is 0 Å². The first-order chi connectivity index (χ1) is 32.2. The first-order valence-corrected chi connectivity index (χ1v) is 25.4. The number of piperazine rings is 1. The molecule has 0 bridgehead atoms. The van der Waals surface area contributed by atoms with Crippen molar-refractivity contribution in [1.82, 2.24) is 14.5 Å². The van der Waals surface area contributed by atoms with Crippen molar-refractivity contribution in [3.05, 3.63) is 84.4 Å². The fraction of sp³-hybridized carbons (Fsp3) is 0.533. The van der Waals surface area contributed by atoms with Gasteiger partial charge < -0.3 is 48.4 Å². The van der Waals surface area contributed by atoms with E-state index in [1.807, 2.05) is 0 Å². The van der Waals surface area contributed by atoms with Gasteiger partial charge in [0.2, 0.25) is 16.4 Å². The Labute approximate surface area is 393 Å². The molecule has 0 aliphatic carbocycles. The molecule has 3 aliphatic heterocycles. The highest BCUT2D eigenvalue weighted by molar-refractivity contribution is 7.89. The second kappa shape index (κ2) is 23.1. The van der Waals surface area contributed by atoms with Crippen LogP contribution in [0.5, 0.6) is 11.5 Å². The number of para-hydroxylation sites is 1. The summed E-state index contributed by atoms with van der Waals surface area (Å²) in [6, 6.07) is 19.3. The molecule has 1 unspecified atom stereocenters. The number of carbonyl (C=O) groups excluding carboxylic acids is 3. The maximum atomic E-state index is 14.3. The summed E-state index contributed by atoms with van der Waals surface area (Å²) in [7, 11) is -8.42. The predicted octanol–water partition coefficient (Wildman–Crippen LogP) is 5.58. The SMILES string of the molecule is CCOC(=O)[C@H](C)OP(=O)(COc1ccc(C[C@H](NC(=O)O[C@H]2CO[C@H]3OCC[C@H]32)[C@H](O)CN(CC(C)C)S(=O)(=O)c2ccc(N3CCN(C(=O)C(F)(F)F)CC3)cc2)cc1)Oc1ccccc1. The Hall–Kier alpha value is -4.96. The van der Waals surface area contributed by atoms with E-state index < -0.39 is 85.3 Å². The topological polar surface area (TPSA) is 209 Å². The number of sulfonamides is 1. The van der Waals surface area contributed by atoms with Crippen molar-refractivity contribution >= 4 is 41.3 Å². The molecule has 0 spiro atoms. The third kappa shape index (κ3) is 14.1. The van der Waals surface area contributed by atoms with E-state index in [0.717, 1.165) is 9.21 Å². The Morgan fingerprint density at radius 2 is 1.60 bits per heavy atom. The molecular formula is C45H58F3N4O14PS. The number of hydrogen-bond acceptors (Lipinski definition) is 15. The van der Waals surface area contributed by atoms with Crippen LogP contribution in [0.1, 0.15) is 39.7 Å². The van der Waals surface area contributed by atoms with Crippen molar-refractivity contribution in [2.75, 3.05) is 70.3 Å². The summed E-state index contributed by atoms with van der Waals surface area (Å²) in [6.45, 7) is 6.69. The van der Waals surface area contributed by atoms with Gasteiger partial charge in [-0.3, -0.25) is 9.32 Å². The Morgan fingerprint density at radius 1 is 0.926 bits per heavy atom. The number of benzene rings is 3. The van der Waals surface area contributed by atoms with Gasteiger partial charge in [-0.25, -0.2) is 22.6 Å². The van der Waals surface area contributed by atoms with Crippen LogP contribution in [0.3, 0.4) is 0 Å². The fourth-order valence-corrected chi connectivity index (χ4v) is 11.0. The van der Waals surface area contributed by atoms with Crippen molar-refractivity contribution in [2.24, 2.45) is 11.8 Å². The second-order valence-corrected chi connectivity index (χ2v) is 20.7. The number of aliphatic hydroxyl groups excluding tert-OH is 1. The molecule has 2 amide bonds. The average molecular weight is 999 g/mol. The molecule has 68 heavy (non-hydrogen) atoms. The number of aliphatic hydroxyl groups is 1. The summed E-state index contributed by atoms with van der Waals surface area (Å²) in [5.74, 6) is -2.58. The number of nitrogens with zero attached hydrogens (tertiary/aromatic N) is 3. The number of rotatable bonds is 21. The van der Waals surface area contributed by atoms with Crippen LogP contribution < -0.4 is 19.5 Å². The molecule has 18 nitrogen and oxygen atoms in total. The minimum Gasteiger partial charge on any atom is -0.480 e. The number of alkyl carbamates (subject to hydrolysis) is 1. The summed E-state index contributed by atoms with van der Waals surface area (Å²) in [6.07, 6.45) is -9.68. The second-order valence-electron chi connectivity index (χ2n) is 16.9. The molecule has 3 aromatic carbocycles. The molecule has 6 rings (SSSR count).